The van der Waals surface area contributed by atoms with E-state index in [1.165, 1.54) is 24.3 Å². The van der Waals surface area contributed by atoms with E-state index in [-0.39, 0.29) is 9.79 Å². The summed E-state index contributed by atoms with van der Waals surface area (Å²) in [5, 5.41) is 5.78. The smallest absolute Gasteiger partial charge is 0.294 e. The van der Waals surface area contributed by atoms with Gasteiger partial charge in [0, 0.05) is 41.1 Å². The Morgan fingerprint density at radius 1 is 0.797 bits per heavy atom. The maximum atomic E-state index is 12.0. The molecule has 2 N–H and O–H groups in total. The van der Waals surface area contributed by atoms with Gasteiger partial charge in [0.2, 0.25) is 5.69 Å². The molecule has 0 radical (unpaired) electrons. The van der Waals surface area contributed by atoms with Crippen LogP contribution in [-0.4, -0.2) is 61.0 Å². The van der Waals surface area contributed by atoms with Crippen molar-refractivity contribution < 1.29 is 35.3 Å². The second-order valence-corrected chi connectivity index (χ2v) is 20.5. The summed E-state index contributed by atoms with van der Waals surface area (Å²) in [6.45, 7) is 15.0. The van der Waals surface area contributed by atoms with Crippen molar-refractivity contribution in [3.8, 4) is 5.75 Å². The summed E-state index contributed by atoms with van der Waals surface area (Å²) in [7, 11) is -8.71. The van der Waals surface area contributed by atoms with E-state index in [0.717, 1.165) is 122 Å². The van der Waals surface area contributed by atoms with Crippen molar-refractivity contribution in [2.24, 2.45) is 4.99 Å². The van der Waals surface area contributed by atoms with Crippen LogP contribution in [0.25, 0.3) is 21.5 Å². The van der Waals surface area contributed by atoms with Gasteiger partial charge in [0.1, 0.15) is 18.1 Å². The summed E-state index contributed by atoms with van der Waals surface area (Å²) in [5.41, 5.74) is 8.86. The molecule has 0 atom stereocenters. The molecule has 0 spiro atoms. The molecule has 1 aliphatic carbocycles. The molecular weight excluding hydrogens is 863 g/mol. The van der Waals surface area contributed by atoms with Crippen molar-refractivity contribution in [3.05, 3.63) is 149 Å². The van der Waals surface area contributed by atoms with Gasteiger partial charge in [-0.25, -0.2) is 4.99 Å². The minimum atomic E-state index is -4.36. The Bertz CT molecular complexity index is 3190. The van der Waals surface area contributed by atoms with Crippen molar-refractivity contribution >= 4 is 76.2 Å². The molecule has 2 aliphatic heterocycles. The summed E-state index contributed by atoms with van der Waals surface area (Å²) >= 11 is 4.76. The van der Waals surface area contributed by atoms with Crippen LogP contribution < -0.4 is 9.64 Å². The average molecular weight is 915 g/mol. The number of likely N-dealkylation sites (N-methyl/N-ethyl adjacent to an activating group) is 1. The highest BCUT2D eigenvalue weighted by molar-refractivity contribution is 7.86. The molecular formula is C51H52N3O7S3+. The number of rotatable bonds is 12. The number of thiocarbonyl (C=S) groups is 1. The first kappa shape index (κ1) is 45.1. The topological polar surface area (TPSA) is 137 Å². The highest BCUT2D eigenvalue weighted by Gasteiger charge is 2.45. The fraction of sp³-hybridized carbons (Fsp3) is 0.294. The van der Waals surface area contributed by atoms with Gasteiger partial charge in [-0.15, -0.1) is 0 Å². The number of allylic oxidation sites excluding steroid dienone is 7. The van der Waals surface area contributed by atoms with Crippen LogP contribution in [0.1, 0.15) is 77.5 Å². The minimum Gasteiger partial charge on any atom is -0.457 e. The zero-order valence-corrected chi connectivity index (χ0v) is 39.3. The third-order valence-electron chi connectivity index (χ3n) is 12.9. The second-order valence-electron chi connectivity index (χ2n) is 17.5. The standard InChI is InChI=1S/C51H51N3O7S3/c1-7-53-43-24-14-36-30-39(63(55,56)57)20-22-41(36)47(43)50(3,4)45(53)26-16-34-10-9-11-35(49(34)61-38-18-12-33(13-19-38)28-29-52-32-62)17-27-46-51(5,6)48-42-23-21-40(64(58,59)60)31-37(42)15-25-44(48)54(46)8-2/h12-27,30-31H,7-11,28-29H2,1-6H3,(H-,55,56,57,58,59,60)/p+1. The van der Waals surface area contributed by atoms with E-state index in [9.17, 15) is 25.9 Å². The van der Waals surface area contributed by atoms with Crippen LogP contribution in [0.4, 0.5) is 11.4 Å². The summed E-state index contributed by atoms with van der Waals surface area (Å²) in [6.07, 6.45) is 12.1. The molecule has 64 heavy (non-hydrogen) atoms. The number of benzene rings is 5. The van der Waals surface area contributed by atoms with Gasteiger partial charge in [-0.3, -0.25) is 9.11 Å². The summed E-state index contributed by atoms with van der Waals surface area (Å²) in [6, 6.07) is 25.6. The van der Waals surface area contributed by atoms with Gasteiger partial charge < -0.3 is 9.64 Å². The zero-order valence-electron chi connectivity index (χ0n) is 36.8. The highest BCUT2D eigenvalue weighted by Crippen LogP contribution is 2.51. The van der Waals surface area contributed by atoms with E-state index in [4.69, 9.17) is 17.0 Å². The van der Waals surface area contributed by atoms with Crippen molar-refractivity contribution in [2.45, 2.75) is 87.8 Å². The largest absolute Gasteiger partial charge is 0.457 e. The number of aliphatic imine (C=N–C) groups is 1. The van der Waals surface area contributed by atoms with Gasteiger partial charge in [0.15, 0.2) is 5.71 Å². The van der Waals surface area contributed by atoms with Gasteiger partial charge in [0.05, 0.1) is 26.9 Å². The Kier molecular flexibility index (Phi) is 12.1. The maximum absolute atomic E-state index is 12.0. The molecule has 0 aromatic heterocycles. The van der Waals surface area contributed by atoms with Gasteiger partial charge in [-0.1, -0.05) is 50.3 Å². The van der Waals surface area contributed by atoms with E-state index >= 15 is 0 Å². The molecule has 10 nitrogen and oxygen atoms in total. The average Bonchev–Trinajstić information content (AvgIpc) is 3.62. The Labute approximate surface area is 381 Å². The van der Waals surface area contributed by atoms with Crippen LogP contribution in [0.3, 0.4) is 0 Å². The lowest BCUT2D eigenvalue weighted by Gasteiger charge is -2.27. The van der Waals surface area contributed by atoms with Crippen molar-refractivity contribution in [3.63, 3.8) is 0 Å². The first-order chi connectivity index (χ1) is 30.4. The van der Waals surface area contributed by atoms with Crippen LogP contribution in [0.15, 0.2) is 147 Å². The fourth-order valence-electron chi connectivity index (χ4n) is 9.93. The van der Waals surface area contributed by atoms with E-state index in [2.05, 4.69) is 97.6 Å². The SMILES string of the molecule is CCN1C(=CC=C2CCCC(C=CC3=[N+](CC)c4ccc5cc(S(=O)(=O)O)ccc5c4C3(C)C)=C2Oc2ccc(CCN=C=S)cc2)C(C)(C)c2c1ccc1cc(S(=O)(=O)O)ccc21. The molecule has 330 valence electrons. The van der Waals surface area contributed by atoms with Crippen LogP contribution in [0.2, 0.25) is 0 Å². The van der Waals surface area contributed by atoms with E-state index in [1.807, 2.05) is 36.4 Å². The van der Waals surface area contributed by atoms with Gasteiger partial charge in [0.25, 0.3) is 20.2 Å². The van der Waals surface area contributed by atoms with E-state index in [1.54, 1.807) is 12.1 Å². The Morgan fingerprint density at radius 3 is 2.05 bits per heavy atom. The quantitative estimate of drug-likeness (QED) is 0.0542. The number of isothiocyanates is 1. The molecule has 0 saturated carbocycles. The normalized spacial score (nSPS) is 18.4. The molecule has 0 saturated heterocycles. The molecule has 0 bridgehead atoms. The first-order valence-electron chi connectivity index (χ1n) is 21.5. The van der Waals surface area contributed by atoms with Crippen molar-refractivity contribution in [1.82, 2.24) is 0 Å². The number of hydrogen-bond donors (Lipinski definition) is 2. The third kappa shape index (κ3) is 8.21. The van der Waals surface area contributed by atoms with Crippen molar-refractivity contribution in [2.75, 3.05) is 24.5 Å². The molecule has 5 aromatic carbocycles. The summed E-state index contributed by atoms with van der Waals surface area (Å²) in [4.78, 5) is 6.11. The van der Waals surface area contributed by atoms with Gasteiger partial charge >= 0.3 is 0 Å². The van der Waals surface area contributed by atoms with Crippen molar-refractivity contribution in [1.29, 1.82) is 0 Å². The molecule has 13 heteroatoms. The van der Waals surface area contributed by atoms with E-state index in [0.29, 0.717) is 6.54 Å². The lowest BCUT2D eigenvalue weighted by atomic mass is 9.78. The molecule has 0 amide bonds. The molecule has 5 aromatic rings. The van der Waals surface area contributed by atoms with Crippen LogP contribution in [0.5, 0.6) is 5.75 Å². The van der Waals surface area contributed by atoms with Gasteiger partial charge in [-0.2, -0.15) is 21.4 Å². The number of ether oxygens (including phenoxy) is 1. The second kappa shape index (κ2) is 17.1. The monoisotopic (exact) mass is 914 g/mol. The van der Waals surface area contributed by atoms with Crippen LogP contribution >= 0.6 is 12.2 Å². The van der Waals surface area contributed by atoms with Crippen LogP contribution in [-0.2, 0) is 37.5 Å². The first-order valence-corrected chi connectivity index (χ1v) is 24.8. The highest BCUT2D eigenvalue weighted by atomic mass is 32.2. The number of nitrogens with zero attached hydrogens (tertiary/aromatic N) is 3. The number of fused-ring (bicyclic) bond motifs is 6. The van der Waals surface area contributed by atoms with E-state index < -0.39 is 31.1 Å². The predicted octanol–water partition coefficient (Wildman–Crippen LogP) is 11.2. The number of anilines is 1. The maximum Gasteiger partial charge on any atom is 0.294 e. The summed E-state index contributed by atoms with van der Waals surface area (Å²) < 4.78 is 76.9. The van der Waals surface area contributed by atoms with Gasteiger partial charge in [-0.05, 0) is 170 Å². The Morgan fingerprint density at radius 2 is 1.44 bits per heavy atom. The van der Waals surface area contributed by atoms with Crippen LogP contribution in [0, 0.1) is 0 Å². The fourth-order valence-corrected chi connectivity index (χ4v) is 11.1. The Balaban J connectivity index is 1.22. The zero-order chi connectivity index (χ0) is 45.8. The number of hydrogen-bond acceptors (Lipinski definition) is 8. The molecule has 8 rings (SSSR count). The molecule has 0 fully saturated rings. The molecule has 3 aliphatic rings. The molecule has 0 unspecified atom stereocenters. The third-order valence-corrected chi connectivity index (χ3v) is 14.8. The minimum absolute atomic E-state index is 0.132. The summed E-state index contributed by atoms with van der Waals surface area (Å²) in [5.74, 6) is 1.52. The lowest BCUT2D eigenvalue weighted by molar-refractivity contribution is -0.433. The Hall–Kier alpha value is -5.53. The molecule has 2 heterocycles. The lowest BCUT2D eigenvalue weighted by Crippen LogP contribution is -2.28. The predicted molar refractivity (Wildman–Crippen MR) is 259 cm³/mol.